The normalized spacial score (nSPS) is 4.00. The van der Waals surface area contributed by atoms with Crippen LogP contribution in [-0.2, 0) is 0 Å². The summed E-state index contributed by atoms with van der Waals surface area (Å²) in [7, 11) is 0. The molecule has 0 aliphatic carbocycles. The molecule has 3 N–H and O–H groups in total. The summed E-state index contributed by atoms with van der Waals surface area (Å²) in [6, 6.07) is 0. The molecule has 0 unspecified atom stereocenters. The quantitative estimate of drug-likeness (QED) is 0.152. The second-order valence-electron chi connectivity index (χ2n) is 0.246. The summed E-state index contributed by atoms with van der Waals surface area (Å²) in [5.41, 5.74) is 0. The van der Waals surface area contributed by atoms with Gasteiger partial charge in [0.15, 0.2) is 0 Å². The summed E-state index contributed by atoms with van der Waals surface area (Å²) in [5, 5.41) is 4.04. The summed E-state index contributed by atoms with van der Waals surface area (Å²) in [6.45, 7) is 0. The molecule has 0 aliphatic rings. The fourth-order valence-corrected chi connectivity index (χ4v) is 0. The molecular weight excluding hydrogens is 72.1 g/mol. The molecule has 0 saturated heterocycles. The number of thiocarbonyl (C=S) groups is 1. The molecule has 0 rings (SSSR count). The summed E-state index contributed by atoms with van der Waals surface area (Å²) in [4.78, 5) is 0. The summed E-state index contributed by atoms with van der Waals surface area (Å²) < 4.78 is 0. The zero-order valence-corrected chi connectivity index (χ0v) is 2.80. The summed E-state index contributed by atoms with van der Waals surface area (Å²) in [5.74, 6) is 4.56. The fraction of sp³-hybridized carbons (Fsp3) is 0. The maximum absolute atomic E-state index is 4.56. The van der Waals surface area contributed by atoms with E-state index in [-0.39, 0.29) is 0 Å². The Morgan fingerprint density at radius 2 is 2.25 bits per heavy atom. The van der Waals surface area contributed by atoms with Crippen LogP contribution in [0.4, 0.5) is 0 Å². The van der Waals surface area contributed by atoms with Crippen molar-refractivity contribution in [2.45, 2.75) is 0 Å². The highest BCUT2D eigenvalue weighted by Crippen LogP contribution is 1.08. The predicted octanol–water partition coefficient (Wildman–Crippen LogP) is -1.96. The maximum atomic E-state index is 4.56. The van der Waals surface area contributed by atoms with Gasteiger partial charge in [0.1, 0.15) is 0 Å². The van der Waals surface area contributed by atoms with Crippen LogP contribution in [0.25, 0.3) is 0 Å². The van der Waals surface area contributed by atoms with Crippen molar-refractivity contribution >= 4 is 17.4 Å². The van der Waals surface area contributed by atoms with Gasteiger partial charge in [0.25, 0.3) is 5.16 Å². The van der Waals surface area contributed by atoms with Gasteiger partial charge in [0, 0.05) is 12.2 Å². The molecule has 0 aromatic carbocycles. The third kappa shape index (κ3) is 1.60. The number of nitrogens with one attached hydrogen (secondary N) is 1. The highest BCUT2D eigenvalue weighted by Gasteiger charge is 1.33. The SMILES string of the molecule is N[NH+]=C=S. The molecule has 0 amide bonds. The monoisotopic (exact) mass is 75.0 g/mol. The number of hydrogen-bond acceptors (Lipinski definition) is 2. The first kappa shape index (κ1) is 3.60. The van der Waals surface area contributed by atoms with Gasteiger partial charge in [0.2, 0.25) is 0 Å². The topological polar surface area (TPSA) is 40.0 Å². The van der Waals surface area contributed by atoms with Gasteiger partial charge in [-0.15, -0.1) is 0 Å². The highest BCUT2D eigenvalue weighted by atomic mass is 32.1. The molecule has 22 valence electrons. The minimum absolute atomic E-state index is 2.00. The second-order valence-corrected chi connectivity index (χ2v) is 0.451. The van der Waals surface area contributed by atoms with E-state index in [1.165, 1.54) is 0 Å². The Labute approximate surface area is 29.3 Å². The van der Waals surface area contributed by atoms with Crippen molar-refractivity contribution in [2.75, 3.05) is 0 Å². The third-order valence-electron chi connectivity index (χ3n) is 0.0589. The first-order valence-corrected chi connectivity index (χ1v) is 1.15. The average molecular weight is 75.1 g/mol. The maximum Gasteiger partial charge on any atom is 0.277 e. The molecule has 4 heavy (non-hydrogen) atoms. The van der Waals surface area contributed by atoms with E-state index in [1.807, 2.05) is 10.3 Å². The van der Waals surface area contributed by atoms with E-state index in [0.29, 0.717) is 0 Å². The molecule has 0 aliphatic heterocycles. The Kier molecular flexibility index (Phi) is 2.34. The van der Waals surface area contributed by atoms with E-state index in [9.17, 15) is 0 Å². The largest absolute Gasteiger partial charge is 0.277 e. The van der Waals surface area contributed by atoms with Crippen molar-refractivity contribution in [3.05, 3.63) is 0 Å². The number of nitrogens with two attached hydrogens (primary N) is 1. The minimum atomic E-state index is 2.00. The van der Waals surface area contributed by atoms with Crippen molar-refractivity contribution in [3.63, 3.8) is 0 Å². The van der Waals surface area contributed by atoms with Gasteiger partial charge in [-0.25, -0.2) is 5.84 Å². The van der Waals surface area contributed by atoms with Gasteiger partial charge in [-0.3, -0.25) is 0 Å². The molecule has 3 heteroatoms. The molecular formula is CH3N2S+. The van der Waals surface area contributed by atoms with Crippen LogP contribution in [0.1, 0.15) is 0 Å². The van der Waals surface area contributed by atoms with Gasteiger partial charge in [0.05, 0.1) is 0 Å². The second kappa shape index (κ2) is 2.60. The van der Waals surface area contributed by atoms with Gasteiger partial charge in [-0.1, -0.05) is 5.10 Å². The van der Waals surface area contributed by atoms with E-state index >= 15 is 0 Å². The van der Waals surface area contributed by atoms with Crippen LogP contribution in [0, 0.1) is 0 Å². The van der Waals surface area contributed by atoms with Crippen LogP contribution in [-0.4, -0.2) is 5.16 Å². The van der Waals surface area contributed by atoms with E-state index < -0.39 is 0 Å². The van der Waals surface area contributed by atoms with E-state index in [0.717, 1.165) is 0 Å². The Balaban J connectivity index is 3.11. The molecule has 0 radical (unpaired) electrons. The lowest BCUT2D eigenvalue weighted by atomic mass is 11.7. The van der Waals surface area contributed by atoms with Crippen LogP contribution in [0.5, 0.6) is 0 Å². The average Bonchev–Trinajstić information content (AvgIpc) is 1.37. The van der Waals surface area contributed by atoms with Crippen molar-refractivity contribution in [3.8, 4) is 0 Å². The zero-order valence-electron chi connectivity index (χ0n) is 1.99. The number of isothiocyanates is 1. The van der Waals surface area contributed by atoms with Crippen LogP contribution in [0.3, 0.4) is 0 Å². The highest BCUT2D eigenvalue weighted by molar-refractivity contribution is 7.78. The smallest absolute Gasteiger partial charge is 0.203 e. The Morgan fingerprint density at radius 1 is 2.00 bits per heavy atom. The summed E-state index contributed by atoms with van der Waals surface area (Å²) in [6.07, 6.45) is 0. The van der Waals surface area contributed by atoms with E-state index in [2.05, 4.69) is 18.1 Å². The first-order chi connectivity index (χ1) is 1.91. The van der Waals surface area contributed by atoms with Gasteiger partial charge in [-0.05, 0) is 0 Å². The van der Waals surface area contributed by atoms with Gasteiger partial charge < -0.3 is 0 Å². The third-order valence-corrected chi connectivity index (χ3v) is 0.177. The molecule has 0 fully saturated rings. The van der Waals surface area contributed by atoms with Crippen molar-refractivity contribution < 1.29 is 5.10 Å². The lowest BCUT2D eigenvalue weighted by Gasteiger charge is -1.35. The van der Waals surface area contributed by atoms with Crippen LogP contribution in [0.2, 0.25) is 0 Å². The molecule has 0 spiro atoms. The number of hydrazine groups is 1. The van der Waals surface area contributed by atoms with Gasteiger partial charge >= 0.3 is 0 Å². The van der Waals surface area contributed by atoms with Crippen LogP contribution in [0.15, 0.2) is 0 Å². The Bertz CT molecular complexity index is 44.0. The fourth-order valence-electron chi connectivity index (χ4n) is 0. The molecule has 0 saturated carbocycles. The number of hydrogen-bond donors (Lipinski definition) is 2. The summed E-state index contributed by atoms with van der Waals surface area (Å²) >= 11 is 4.07. The molecule has 0 heterocycles. The van der Waals surface area contributed by atoms with E-state index in [4.69, 9.17) is 0 Å². The molecule has 0 atom stereocenters. The lowest BCUT2D eigenvalue weighted by Crippen LogP contribution is -2.74. The number of hydrazone groups is 1. The Morgan fingerprint density at radius 3 is 2.25 bits per heavy atom. The molecule has 0 bridgehead atoms. The Hall–Kier alpha value is -0.400. The number of rotatable bonds is 0. The van der Waals surface area contributed by atoms with Crippen molar-refractivity contribution in [1.29, 1.82) is 0 Å². The van der Waals surface area contributed by atoms with Gasteiger partial charge in [-0.2, -0.15) is 0 Å². The lowest BCUT2D eigenvalue weighted by molar-refractivity contribution is -0.460. The molecule has 0 aromatic rings. The minimum Gasteiger partial charge on any atom is -0.203 e. The van der Waals surface area contributed by atoms with E-state index in [1.54, 1.807) is 0 Å². The van der Waals surface area contributed by atoms with Crippen LogP contribution < -0.4 is 10.9 Å². The van der Waals surface area contributed by atoms with Crippen molar-refractivity contribution in [1.82, 2.24) is 0 Å². The zero-order chi connectivity index (χ0) is 3.41. The standard InChI is InChI=1S/CH2N2S/c2-3-1-4/h2H2/p+1. The predicted molar refractivity (Wildman–Crippen MR) is 17.7 cm³/mol. The molecule has 0 aromatic heterocycles. The first-order valence-electron chi connectivity index (χ1n) is 0.743. The molecule has 2 nitrogen and oxygen atoms in total. The van der Waals surface area contributed by atoms with Crippen molar-refractivity contribution in [2.24, 2.45) is 5.84 Å². The van der Waals surface area contributed by atoms with Crippen LogP contribution >= 0.6 is 12.2 Å².